The van der Waals surface area contributed by atoms with Gasteiger partial charge in [-0.15, -0.1) is 16.9 Å². The Kier molecular flexibility index (Phi) is 6.32. The van der Waals surface area contributed by atoms with Crippen LogP contribution in [-0.4, -0.2) is 42.1 Å². The first-order chi connectivity index (χ1) is 13.1. The number of hydrogen-bond acceptors (Lipinski definition) is 6. The number of carbonyl (C=O) groups excluding carboxylic acids is 4. The van der Waals surface area contributed by atoms with Crippen LogP contribution in [0.25, 0.3) is 0 Å². The Bertz CT molecular complexity index is 645. The highest BCUT2D eigenvalue weighted by atomic mass is 16.7. The predicted molar refractivity (Wildman–Crippen MR) is 92.5 cm³/mol. The molecule has 3 rings (SSSR count). The fourth-order valence-corrected chi connectivity index (χ4v) is 3.73. The first-order valence-electron chi connectivity index (χ1n) is 9.49. The van der Waals surface area contributed by atoms with Gasteiger partial charge in [-0.3, -0.25) is 9.59 Å². The number of amides is 3. The summed E-state index contributed by atoms with van der Waals surface area (Å²) in [5.74, 6) is 6.30. The van der Waals surface area contributed by atoms with Crippen LogP contribution in [0.4, 0.5) is 4.79 Å². The Morgan fingerprint density at radius 1 is 1.07 bits per heavy atom. The summed E-state index contributed by atoms with van der Waals surface area (Å²) in [7, 11) is 0. The third-order valence-electron chi connectivity index (χ3n) is 5.27. The van der Waals surface area contributed by atoms with Gasteiger partial charge in [0.15, 0.2) is 0 Å². The SMILES string of the molecule is O=C(CCCNC(=O)OCC1[C@H]2CCC#CCC[C@@H]12)ON1C(=O)CCC1=O. The highest BCUT2D eigenvalue weighted by molar-refractivity contribution is 6.01. The van der Waals surface area contributed by atoms with E-state index in [0.29, 0.717) is 35.8 Å². The molecule has 1 heterocycles. The molecule has 8 heteroatoms. The summed E-state index contributed by atoms with van der Waals surface area (Å²) in [6.45, 7) is 0.670. The van der Waals surface area contributed by atoms with E-state index >= 15 is 0 Å². The molecule has 0 radical (unpaired) electrons. The minimum atomic E-state index is -0.676. The highest BCUT2D eigenvalue weighted by Gasteiger charge is 2.49. The maximum absolute atomic E-state index is 11.8. The van der Waals surface area contributed by atoms with Crippen molar-refractivity contribution in [1.82, 2.24) is 10.4 Å². The fourth-order valence-electron chi connectivity index (χ4n) is 3.73. The fraction of sp³-hybridized carbons (Fsp3) is 0.684. The second kappa shape index (κ2) is 8.89. The van der Waals surface area contributed by atoms with E-state index in [1.807, 2.05) is 0 Å². The zero-order valence-corrected chi connectivity index (χ0v) is 15.2. The number of ether oxygens (including phenoxy) is 1. The molecule has 0 spiro atoms. The van der Waals surface area contributed by atoms with Crippen molar-refractivity contribution < 1.29 is 28.8 Å². The van der Waals surface area contributed by atoms with Crippen molar-refractivity contribution in [3.05, 3.63) is 0 Å². The largest absolute Gasteiger partial charge is 0.449 e. The second-order valence-corrected chi connectivity index (χ2v) is 7.10. The molecule has 0 aromatic carbocycles. The smallest absolute Gasteiger partial charge is 0.407 e. The van der Waals surface area contributed by atoms with E-state index in [1.165, 1.54) is 0 Å². The molecule has 1 saturated heterocycles. The van der Waals surface area contributed by atoms with Crippen LogP contribution < -0.4 is 5.32 Å². The van der Waals surface area contributed by atoms with Crippen LogP contribution in [0.5, 0.6) is 0 Å². The molecule has 3 atom stereocenters. The van der Waals surface area contributed by atoms with E-state index in [4.69, 9.17) is 9.57 Å². The molecule has 1 N–H and O–H groups in total. The Morgan fingerprint density at radius 3 is 2.33 bits per heavy atom. The molecule has 0 aromatic heterocycles. The van der Waals surface area contributed by atoms with Gasteiger partial charge in [-0.2, -0.15) is 0 Å². The number of hydroxylamine groups is 2. The number of imide groups is 1. The summed E-state index contributed by atoms with van der Waals surface area (Å²) in [5, 5.41) is 3.12. The molecule has 8 nitrogen and oxygen atoms in total. The maximum atomic E-state index is 11.8. The van der Waals surface area contributed by atoms with Gasteiger partial charge in [-0.1, -0.05) is 0 Å². The van der Waals surface area contributed by atoms with E-state index in [-0.39, 0.29) is 25.8 Å². The first-order valence-corrected chi connectivity index (χ1v) is 9.49. The predicted octanol–water partition coefficient (Wildman–Crippen LogP) is 1.54. The molecule has 1 aliphatic heterocycles. The minimum absolute atomic E-state index is 0.00981. The number of nitrogens with zero attached hydrogens (tertiary/aromatic N) is 1. The summed E-state index contributed by atoms with van der Waals surface area (Å²) in [4.78, 5) is 50.8. The average Bonchev–Trinajstić information content (AvgIpc) is 3.17. The number of nitrogens with one attached hydrogen (secondary N) is 1. The Morgan fingerprint density at radius 2 is 1.70 bits per heavy atom. The number of carbonyl (C=O) groups is 4. The molecule has 27 heavy (non-hydrogen) atoms. The molecular weight excluding hydrogens is 352 g/mol. The molecular formula is C19H24N2O6. The van der Waals surface area contributed by atoms with Crippen LogP contribution >= 0.6 is 0 Å². The van der Waals surface area contributed by atoms with Crippen LogP contribution in [0.1, 0.15) is 51.4 Å². The van der Waals surface area contributed by atoms with Crippen LogP contribution in [0, 0.1) is 29.6 Å². The lowest BCUT2D eigenvalue weighted by Crippen LogP contribution is -2.32. The maximum Gasteiger partial charge on any atom is 0.407 e. The van der Waals surface area contributed by atoms with Crippen LogP contribution in [0.3, 0.4) is 0 Å². The van der Waals surface area contributed by atoms with Gasteiger partial charge in [0.2, 0.25) is 0 Å². The summed E-state index contributed by atoms with van der Waals surface area (Å²) in [5.41, 5.74) is 0. The molecule has 0 bridgehead atoms. The third-order valence-corrected chi connectivity index (χ3v) is 5.27. The molecule has 146 valence electrons. The Hall–Kier alpha value is -2.56. The van der Waals surface area contributed by atoms with Gasteiger partial charge in [-0.25, -0.2) is 9.59 Å². The van der Waals surface area contributed by atoms with Crippen molar-refractivity contribution in [2.75, 3.05) is 13.2 Å². The van der Waals surface area contributed by atoms with Crippen LogP contribution in [0.2, 0.25) is 0 Å². The van der Waals surface area contributed by atoms with E-state index in [2.05, 4.69) is 17.2 Å². The van der Waals surface area contributed by atoms with Gasteiger partial charge in [0.05, 0.1) is 6.61 Å². The van der Waals surface area contributed by atoms with Crippen molar-refractivity contribution in [2.45, 2.75) is 51.4 Å². The van der Waals surface area contributed by atoms with Crippen molar-refractivity contribution >= 4 is 23.9 Å². The summed E-state index contributed by atoms with van der Waals surface area (Å²) < 4.78 is 5.28. The molecule has 3 aliphatic rings. The van der Waals surface area contributed by atoms with E-state index < -0.39 is 23.9 Å². The summed E-state index contributed by atoms with van der Waals surface area (Å²) >= 11 is 0. The third kappa shape index (κ3) is 5.22. The monoisotopic (exact) mass is 376 g/mol. The van der Waals surface area contributed by atoms with Gasteiger partial charge >= 0.3 is 12.1 Å². The van der Waals surface area contributed by atoms with Gasteiger partial charge in [0.1, 0.15) is 0 Å². The first kappa shape index (κ1) is 19.2. The lowest BCUT2D eigenvalue weighted by molar-refractivity contribution is -0.197. The molecule has 3 amide bonds. The van der Waals surface area contributed by atoms with Crippen molar-refractivity contribution in [3.63, 3.8) is 0 Å². The van der Waals surface area contributed by atoms with E-state index in [1.54, 1.807) is 0 Å². The van der Waals surface area contributed by atoms with E-state index in [0.717, 1.165) is 25.7 Å². The average molecular weight is 376 g/mol. The molecule has 1 saturated carbocycles. The highest BCUT2D eigenvalue weighted by Crippen LogP contribution is 2.52. The topological polar surface area (TPSA) is 102 Å². The lowest BCUT2D eigenvalue weighted by Gasteiger charge is -2.12. The van der Waals surface area contributed by atoms with Crippen molar-refractivity contribution in [1.29, 1.82) is 0 Å². The minimum Gasteiger partial charge on any atom is -0.449 e. The second-order valence-electron chi connectivity index (χ2n) is 7.10. The molecule has 2 fully saturated rings. The van der Waals surface area contributed by atoms with Gasteiger partial charge in [-0.05, 0) is 37.0 Å². The Labute approximate surface area is 157 Å². The van der Waals surface area contributed by atoms with Crippen molar-refractivity contribution in [2.24, 2.45) is 17.8 Å². The number of rotatable bonds is 7. The Balaban J connectivity index is 1.24. The number of fused-ring (bicyclic) bond motifs is 1. The molecule has 2 aliphatic carbocycles. The molecule has 0 aromatic rings. The van der Waals surface area contributed by atoms with Gasteiger partial charge in [0, 0.05) is 38.6 Å². The zero-order valence-electron chi connectivity index (χ0n) is 15.2. The number of hydrogen-bond donors (Lipinski definition) is 1. The zero-order chi connectivity index (χ0) is 19.2. The standard InChI is InChI=1S/C19H24N2O6/c22-16-9-10-17(23)21(16)27-18(24)8-5-11-20-19(25)26-12-15-13-6-3-1-2-4-7-14(13)15/h13-15H,3-12H2,(H,20,25)/t13-,14+,15?. The van der Waals surface area contributed by atoms with Gasteiger partial charge in [0.25, 0.3) is 11.8 Å². The summed E-state index contributed by atoms with van der Waals surface area (Å²) in [6.07, 6.45) is 3.96. The normalized spacial score (nSPS) is 26.2. The van der Waals surface area contributed by atoms with Crippen LogP contribution in [0.15, 0.2) is 0 Å². The summed E-state index contributed by atoms with van der Waals surface area (Å²) in [6, 6.07) is 0. The van der Waals surface area contributed by atoms with Gasteiger partial charge < -0.3 is 14.9 Å². The quantitative estimate of drug-likeness (QED) is 0.411. The van der Waals surface area contributed by atoms with Crippen molar-refractivity contribution in [3.8, 4) is 11.8 Å². The number of alkyl carbamates (subject to hydrolysis) is 1. The van der Waals surface area contributed by atoms with Crippen LogP contribution in [-0.2, 0) is 24.0 Å². The molecule has 1 unspecified atom stereocenters. The van der Waals surface area contributed by atoms with E-state index in [9.17, 15) is 19.2 Å². The lowest BCUT2D eigenvalue weighted by atomic mass is 10.1.